The molecular formula is C28H21BrN2. The average Bonchev–Trinajstić information content (AvgIpc) is 2.83. The van der Waals surface area contributed by atoms with Gasteiger partial charge < -0.3 is 0 Å². The van der Waals surface area contributed by atoms with Crippen molar-refractivity contribution in [2.75, 3.05) is 0 Å². The summed E-state index contributed by atoms with van der Waals surface area (Å²) in [7, 11) is 0. The topological polar surface area (TPSA) is 25.8 Å². The van der Waals surface area contributed by atoms with E-state index in [0.29, 0.717) is 5.82 Å². The molecule has 31 heavy (non-hydrogen) atoms. The van der Waals surface area contributed by atoms with Crippen LogP contribution in [0.4, 0.5) is 0 Å². The van der Waals surface area contributed by atoms with Gasteiger partial charge in [0.15, 0.2) is 5.82 Å². The van der Waals surface area contributed by atoms with Crippen molar-refractivity contribution >= 4 is 21.5 Å². The summed E-state index contributed by atoms with van der Waals surface area (Å²) in [5, 5.41) is 0. The highest BCUT2D eigenvalue weighted by molar-refractivity contribution is 9.10. The van der Waals surface area contributed by atoms with Crippen LogP contribution < -0.4 is 0 Å². The maximum atomic E-state index is 4.88. The van der Waals surface area contributed by atoms with Crippen LogP contribution in [0.5, 0.6) is 0 Å². The second kappa shape index (κ2) is 9.50. The minimum absolute atomic E-state index is 0.707. The van der Waals surface area contributed by atoms with Crippen LogP contribution in [0.2, 0.25) is 0 Å². The van der Waals surface area contributed by atoms with Crippen molar-refractivity contribution in [2.24, 2.45) is 0 Å². The summed E-state index contributed by atoms with van der Waals surface area (Å²) in [6, 6.07) is 28.6. The monoisotopic (exact) mass is 464 g/mol. The molecule has 0 unspecified atom stereocenters. The predicted molar refractivity (Wildman–Crippen MR) is 134 cm³/mol. The van der Waals surface area contributed by atoms with Crippen molar-refractivity contribution in [2.45, 2.75) is 0 Å². The van der Waals surface area contributed by atoms with Gasteiger partial charge in [0, 0.05) is 21.2 Å². The number of halogens is 1. The molecule has 3 aromatic carbocycles. The zero-order valence-electron chi connectivity index (χ0n) is 17.0. The largest absolute Gasteiger partial charge is 0.228 e. The smallest absolute Gasteiger partial charge is 0.160 e. The lowest BCUT2D eigenvalue weighted by Gasteiger charge is -2.10. The fourth-order valence-electron chi connectivity index (χ4n) is 3.32. The first-order chi connectivity index (χ1) is 15.2. The Morgan fingerprint density at radius 1 is 0.710 bits per heavy atom. The maximum absolute atomic E-state index is 4.88. The minimum Gasteiger partial charge on any atom is -0.228 e. The lowest BCUT2D eigenvalue weighted by molar-refractivity contribution is 1.18. The van der Waals surface area contributed by atoms with E-state index in [0.717, 1.165) is 43.7 Å². The summed E-state index contributed by atoms with van der Waals surface area (Å²) < 4.78 is 1.04. The molecule has 0 aliphatic heterocycles. The van der Waals surface area contributed by atoms with Crippen molar-refractivity contribution in [3.8, 4) is 33.9 Å². The first kappa shape index (κ1) is 20.7. The van der Waals surface area contributed by atoms with Crippen molar-refractivity contribution in [1.29, 1.82) is 0 Å². The molecule has 0 saturated heterocycles. The molecule has 1 aromatic heterocycles. The summed E-state index contributed by atoms with van der Waals surface area (Å²) in [5.41, 5.74) is 6.95. The van der Waals surface area contributed by atoms with E-state index < -0.39 is 0 Å². The molecule has 0 N–H and O–H groups in total. The zero-order valence-corrected chi connectivity index (χ0v) is 18.6. The van der Waals surface area contributed by atoms with Crippen LogP contribution in [-0.2, 0) is 0 Å². The van der Waals surface area contributed by atoms with Crippen LogP contribution in [0.25, 0.3) is 39.5 Å². The Kier molecular flexibility index (Phi) is 6.34. The molecule has 0 fully saturated rings. The summed E-state index contributed by atoms with van der Waals surface area (Å²) in [6.45, 7) is 7.67. The Balaban J connectivity index is 1.82. The molecule has 150 valence electrons. The molecule has 0 aliphatic rings. The molecule has 1 heterocycles. The lowest BCUT2D eigenvalue weighted by atomic mass is 10.0. The van der Waals surface area contributed by atoms with E-state index in [9.17, 15) is 0 Å². The summed E-state index contributed by atoms with van der Waals surface area (Å²) in [4.78, 5) is 9.73. The van der Waals surface area contributed by atoms with Crippen molar-refractivity contribution in [3.05, 3.63) is 126 Å². The van der Waals surface area contributed by atoms with Gasteiger partial charge in [0.25, 0.3) is 0 Å². The number of allylic oxidation sites excluding steroid dienone is 4. The van der Waals surface area contributed by atoms with Gasteiger partial charge in [-0.05, 0) is 29.3 Å². The van der Waals surface area contributed by atoms with Crippen LogP contribution in [0.3, 0.4) is 0 Å². The summed E-state index contributed by atoms with van der Waals surface area (Å²) in [6.07, 6.45) is 5.55. The number of rotatable bonds is 6. The SMILES string of the molecule is C=C/C=C(\C=C)c1ccc(-c2cc(-c3ccc(Br)cc3)nc(-c3ccccc3)n2)cc1. The van der Waals surface area contributed by atoms with Gasteiger partial charge in [0.05, 0.1) is 11.4 Å². The molecule has 2 nitrogen and oxygen atoms in total. The molecule has 3 heteroatoms. The van der Waals surface area contributed by atoms with E-state index in [4.69, 9.17) is 9.97 Å². The van der Waals surface area contributed by atoms with Gasteiger partial charge in [0.1, 0.15) is 0 Å². The number of hydrogen-bond acceptors (Lipinski definition) is 2. The van der Waals surface area contributed by atoms with E-state index in [2.05, 4.69) is 65.5 Å². The fourth-order valence-corrected chi connectivity index (χ4v) is 3.59. The van der Waals surface area contributed by atoms with Crippen LogP contribution in [0, 0.1) is 0 Å². The highest BCUT2D eigenvalue weighted by Crippen LogP contribution is 2.29. The normalized spacial score (nSPS) is 11.2. The third-order valence-electron chi connectivity index (χ3n) is 4.93. The summed E-state index contributed by atoms with van der Waals surface area (Å²) >= 11 is 3.51. The van der Waals surface area contributed by atoms with Crippen LogP contribution in [0.1, 0.15) is 5.56 Å². The Morgan fingerprint density at radius 3 is 1.84 bits per heavy atom. The predicted octanol–water partition coefficient (Wildman–Crippen LogP) is 8.00. The zero-order chi connectivity index (χ0) is 21.6. The lowest BCUT2D eigenvalue weighted by Crippen LogP contribution is -1.96. The quantitative estimate of drug-likeness (QED) is 0.270. The third kappa shape index (κ3) is 4.79. The summed E-state index contributed by atoms with van der Waals surface area (Å²) in [5.74, 6) is 0.707. The number of nitrogens with zero attached hydrogens (tertiary/aromatic N) is 2. The first-order valence-electron chi connectivity index (χ1n) is 9.94. The molecule has 0 radical (unpaired) electrons. The van der Waals surface area contributed by atoms with Gasteiger partial charge in [-0.2, -0.15) is 0 Å². The number of hydrogen-bond donors (Lipinski definition) is 0. The Morgan fingerprint density at radius 2 is 1.29 bits per heavy atom. The number of benzene rings is 3. The van der Waals surface area contributed by atoms with Crippen LogP contribution in [-0.4, -0.2) is 9.97 Å². The molecule has 4 rings (SSSR count). The van der Waals surface area contributed by atoms with Gasteiger partial charge in [-0.15, -0.1) is 0 Å². The Bertz CT molecular complexity index is 1240. The van der Waals surface area contributed by atoms with Crippen molar-refractivity contribution < 1.29 is 0 Å². The van der Waals surface area contributed by atoms with Gasteiger partial charge >= 0.3 is 0 Å². The molecule has 0 bridgehead atoms. The van der Waals surface area contributed by atoms with Gasteiger partial charge in [0.2, 0.25) is 0 Å². The fraction of sp³-hybridized carbons (Fsp3) is 0. The molecule has 0 spiro atoms. The average molecular weight is 465 g/mol. The van der Waals surface area contributed by atoms with Crippen LogP contribution >= 0.6 is 15.9 Å². The Hall–Kier alpha value is -3.56. The van der Waals surface area contributed by atoms with Crippen molar-refractivity contribution in [3.63, 3.8) is 0 Å². The van der Waals surface area contributed by atoms with Gasteiger partial charge in [-0.3, -0.25) is 0 Å². The molecule has 0 saturated carbocycles. The standard InChI is InChI=1S/C28H21BrN2/c1-3-8-20(4-2)21-11-13-22(14-12-21)26-19-27(23-15-17-25(29)18-16-23)31-28(30-26)24-9-6-5-7-10-24/h3-19H,1-2H2/b20-8+. The second-order valence-electron chi connectivity index (χ2n) is 6.97. The maximum Gasteiger partial charge on any atom is 0.160 e. The van der Waals surface area contributed by atoms with Gasteiger partial charge in [-0.1, -0.05) is 114 Å². The van der Waals surface area contributed by atoms with Gasteiger partial charge in [-0.25, -0.2) is 9.97 Å². The minimum atomic E-state index is 0.707. The third-order valence-corrected chi connectivity index (χ3v) is 5.46. The van der Waals surface area contributed by atoms with Crippen LogP contribution in [0.15, 0.2) is 121 Å². The van der Waals surface area contributed by atoms with Crippen molar-refractivity contribution in [1.82, 2.24) is 9.97 Å². The molecule has 4 aromatic rings. The second-order valence-corrected chi connectivity index (χ2v) is 7.89. The first-order valence-corrected chi connectivity index (χ1v) is 10.7. The van der Waals surface area contributed by atoms with E-state index in [1.54, 1.807) is 6.08 Å². The van der Waals surface area contributed by atoms with E-state index in [1.165, 1.54) is 0 Å². The highest BCUT2D eigenvalue weighted by Gasteiger charge is 2.11. The number of aromatic nitrogens is 2. The molecule has 0 amide bonds. The van der Waals surface area contributed by atoms with E-state index in [-0.39, 0.29) is 0 Å². The van der Waals surface area contributed by atoms with E-state index >= 15 is 0 Å². The van der Waals surface area contributed by atoms with E-state index in [1.807, 2.05) is 60.7 Å². The highest BCUT2D eigenvalue weighted by atomic mass is 79.9. The molecular weight excluding hydrogens is 444 g/mol. The Labute approximate surface area is 191 Å². The molecule has 0 aliphatic carbocycles. The molecule has 0 atom stereocenters.